The van der Waals surface area contributed by atoms with Gasteiger partial charge in [0, 0.05) is 32.1 Å². The van der Waals surface area contributed by atoms with E-state index in [1.807, 2.05) is 0 Å². The van der Waals surface area contributed by atoms with Crippen LogP contribution in [-0.4, -0.2) is 54.5 Å². The average molecular weight is 354 g/mol. The molecule has 1 amide bonds. The number of benzene rings is 1. The number of ether oxygens (including phenoxy) is 3. The van der Waals surface area contributed by atoms with Gasteiger partial charge in [-0.05, 0) is 25.5 Å². The van der Waals surface area contributed by atoms with Gasteiger partial charge in [0.15, 0.2) is 11.5 Å². The van der Waals surface area contributed by atoms with E-state index in [1.54, 1.807) is 24.1 Å². The van der Waals surface area contributed by atoms with E-state index in [9.17, 15) is 13.6 Å². The average Bonchev–Trinajstić information content (AvgIpc) is 2.92. The number of hydrogen-bond donors (Lipinski definition) is 0. The minimum absolute atomic E-state index is 0.0696. The molecular weight excluding hydrogens is 334 g/mol. The number of nitrogens with zero attached hydrogens (tertiary/aromatic N) is 2. The highest BCUT2D eigenvalue weighted by Gasteiger charge is 2.46. The zero-order valence-electron chi connectivity index (χ0n) is 14.0. The van der Waals surface area contributed by atoms with E-state index in [4.69, 9.17) is 4.74 Å². The standard InChI is InChI=1S/C17H20F2N2O4/c1-20-11-16(25-15(20)22)6-3-8-21(9-7-16)10-12-4-2-5-13-14(12)24-17(18,19)23-13/h2,4-5H,3,6-11H2,1H3. The van der Waals surface area contributed by atoms with E-state index in [0.29, 0.717) is 18.7 Å². The van der Waals surface area contributed by atoms with Crippen LogP contribution in [0.5, 0.6) is 11.5 Å². The van der Waals surface area contributed by atoms with Gasteiger partial charge in [0.2, 0.25) is 0 Å². The molecule has 1 atom stereocenters. The maximum absolute atomic E-state index is 13.3. The Balaban J connectivity index is 1.45. The molecule has 3 aliphatic rings. The van der Waals surface area contributed by atoms with Gasteiger partial charge in [0.05, 0.1) is 6.54 Å². The maximum atomic E-state index is 13.3. The Kier molecular flexibility index (Phi) is 3.75. The fraction of sp³-hybridized carbons (Fsp3) is 0.588. The van der Waals surface area contributed by atoms with Crippen molar-refractivity contribution in [2.75, 3.05) is 26.7 Å². The molecule has 0 aromatic heterocycles. The third kappa shape index (κ3) is 3.10. The molecule has 8 heteroatoms. The number of likely N-dealkylation sites (N-methyl/N-ethyl adjacent to an activating group) is 1. The summed E-state index contributed by atoms with van der Waals surface area (Å²) in [4.78, 5) is 15.5. The largest absolute Gasteiger partial charge is 0.586 e. The van der Waals surface area contributed by atoms with Crippen molar-refractivity contribution in [1.29, 1.82) is 0 Å². The minimum Gasteiger partial charge on any atom is -0.441 e. The van der Waals surface area contributed by atoms with Gasteiger partial charge in [-0.2, -0.15) is 0 Å². The molecular formula is C17H20F2N2O4. The molecule has 0 bridgehead atoms. The van der Waals surface area contributed by atoms with E-state index in [1.165, 1.54) is 6.07 Å². The fourth-order valence-corrected chi connectivity index (χ4v) is 3.82. The molecule has 6 nitrogen and oxygen atoms in total. The summed E-state index contributed by atoms with van der Waals surface area (Å²) in [6, 6.07) is 4.94. The van der Waals surface area contributed by atoms with E-state index >= 15 is 0 Å². The van der Waals surface area contributed by atoms with Crippen molar-refractivity contribution in [3.63, 3.8) is 0 Å². The van der Waals surface area contributed by atoms with Crippen molar-refractivity contribution in [2.24, 2.45) is 0 Å². The van der Waals surface area contributed by atoms with Gasteiger partial charge >= 0.3 is 12.4 Å². The molecule has 0 radical (unpaired) electrons. The zero-order valence-corrected chi connectivity index (χ0v) is 14.0. The Morgan fingerprint density at radius 1 is 1.16 bits per heavy atom. The van der Waals surface area contributed by atoms with E-state index < -0.39 is 11.9 Å². The van der Waals surface area contributed by atoms with Crippen molar-refractivity contribution in [2.45, 2.75) is 37.7 Å². The molecule has 136 valence electrons. The van der Waals surface area contributed by atoms with E-state index in [0.717, 1.165) is 32.4 Å². The Morgan fingerprint density at radius 3 is 2.76 bits per heavy atom. The summed E-state index contributed by atoms with van der Waals surface area (Å²) in [5, 5.41) is 0. The predicted molar refractivity (Wildman–Crippen MR) is 83.6 cm³/mol. The number of rotatable bonds is 2. The smallest absolute Gasteiger partial charge is 0.441 e. The lowest BCUT2D eigenvalue weighted by atomic mass is 9.95. The topological polar surface area (TPSA) is 51.2 Å². The highest BCUT2D eigenvalue weighted by Crippen LogP contribution is 2.43. The van der Waals surface area contributed by atoms with Crippen molar-refractivity contribution >= 4 is 6.09 Å². The normalized spacial score (nSPS) is 28.3. The number of hydrogen-bond acceptors (Lipinski definition) is 5. The number of alkyl halides is 2. The predicted octanol–water partition coefficient (Wildman–Crippen LogP) is 2.81. The molecule has 0 aliphatic carbocycles. The fourth-order valence-electron chi connectivity index (χ4n) is 3.82. The summed E-state index contributed by atoms with van der Waals surface area (Å²) in [5.74, 6) is 0.179. The van der Waals surface area contributed by atoms with Crippen LogP contribution >= 0.6 is 0 Å². The number of likely N-dealkylation sites (tertiary alicyclic amines) is 1. The van der Waals surface area contributed by atoms with Crippen LogP contribution in [0.15, 0.2) is 18.2 Å². The lowest BCUT2D eigenvalue weighted by Crippen LogP contribution is -2.35. The Hall–Kier alpha value is -2.09. The van der Waals surface area contributed by atoms with Crippen LogP contribution in [0.2, 0.25) is 0 Å². The summed E-state index contributed by atoms with van der Waals surface area (Å²) in [7, 11) is 1.74. The Morgan fingerprint density at radius 2 is 2.00 bits per heavy atom. The molecule has 3 aliphatic heterocycles. The first-order valence-electron chi connectivity index (χ1n) is 8.40. The first-order valence-corrected chi connectivity index (χ1v) is 8.40. The van der Waals surface area contributed by atoms with Gasteiger partial charge in [0.1, 0.15) is 5.60 Å². The quantitative estimate of drug-likeness (QED) is 0.817. The number of halogens is 2. The Bertz CT molecular complexity index is 699. The molecule has 1 aromatic carbocycles. The summed E-state index contributed by atoms with van der Waals surface area (Å²) in [6.45, 7) is 2.62. The molecule has 1 unspecified atom stereocenters. The second-order valence-corrected chi connectivity index (χ2v) is 6.95. The number of fused-ring (bicyclic) bond motifs is 1. The summed E-state index contributed by atoms with van der Waals surface area (Å²) in [5.41, 5.74) is 0.248. The van der Waals surface area contributed by atoms with Crippen LogP contribution in [0.4, 0.5) is 13.6 Å². The van der Waals surface area contributed by atoms with Crippen LogP contribution in [-0.2, 0) is 11.3 Å². The number of carbonyl (C=O) groups excluding carboxylic acids is 1. The molecule has 2 saturated heterocycles. The molecule has 3 heterocycles. The van der Waals surface area contributed by atoms with E-state index in [2.05, 4.69) is 14.4 Å². The third-order valence-electron chi connectivity index (χ3n) is 5.04. The molecule has 4 rings (SSSR count). The van der Waals surface area contributed by atoms with Crippen molar-refractivity contribution in [1.82, 2.24) is 9.80 Å². The number of para-hydroxylation sites is 1. The van der Waals surface area contributed by atoms with Gasteiger partial charge in [-0.1, -0.05) is 12.1 Å². The third-order valence-corrected chi connectivity index (χ3v) is 5.04. The lowest BCUT2D eigenvalue weighted by Gasteiger charge is -2.25. The summed E-state index contributed by atoms with van der Waals surface area (Å²) < 4.78 is 41.4. The second kappa shape index (κ2) is 5.72. The van der Waals surface area contributed by atoms with Crippen LogP contribution < -0.4 is 9.47 Å². The molecule has 1 aromatic rings. The van der Waals surface area contributed by atoms with Gasteiger partial charge in [-0.3, -0.25) is 4.90 Å². The van der Waals surface area contributed by atoms with Gasteiger partial charge < -0.3 is 19.1 Å². The molecule has 1 spiro atoms. The van der Waals surface area contributed by atoms with Gasteiger partial charge in [0.25, 0.3) is 0 Å². The first kappa shape index (κ1) is 16.4. The molecule has 0 N–H and O–H groups in total. The highest BCUT2D eigenvalue weighted by molar-refractivity contribution is 5.70. The zero-order chi connectivity index (χ0) is 17.7. The van der Waals surface area contributed by atoms with Crippen LogP contribution in [0.3, 0.4) is 0 Å². The second-order valence-electron chi connectivity index (χ2n) is 6.95. The van der Waals surface area contributed by atoms with Gasteiger partial charge in [-0.15, -0.1) is 8.78 Å². The maximum Gasteiger partial charge on any atom is 0.586 e. The Labute approximate surface area is 144 Å². The van der Waals surface area contributed by atoms with Crippen molar-refractivity contribution < 1.29 is 27.8 Å². The highest BCUT2D eigenvalue weighted by atomic mass is 19.3. The number of carbonyl (C=O) groups is 1. The molecule has 2 fully saturated rings. The number of amides is 1. The van der Waals surface area contributed by atoms with Crippen molar-refractivity contribution in [3.8, 4) is 11.5 Å². The van der Waals surface area contributed by atoms with E-state index in [-0.39, 0.29) is 17.6 Å². The van der Waals surface area contributed by atoms with Crippen molar-refractivity contribution in [3.05, 3.63) is 23.8 Å². The molecule has 0 saturated carbocycles. The van der Waals surface area contributed by atoms with Gasteiger partial charge in [-0.25, -0.2) is 4.79 Å². The van der Waals surface area contributed by atoms with Crippen LogP contribution in [0.1, 0.15) is 24.8 Å². The minimum atomic E-state index is -3.61. The summed E-state index contributed by atoms with van der Waals surface area (Å²) >= 11 is 0. The monoisotopic (exact) mass is 354 g/mol. The SMILES string of the molecule is CN1CC2(CCCN(Cc3cccc4c3OC(F)(F)O4)CC2)OC1=O. The summed E-state index contributed by atoms with van der Waals surface area (Å²) in [6.07, 6.45) is -1.47. The first-order chi connectivity index (χ1) is 11.9. The molecule has 25 heavy (non-hydrogen) atoms. The van der Waals surface area contributed by atoms with Crippen LogP contribution in [0.25, 0.3) is 0 Å². The lowest BCUT2D eigenvalue weighted by molar-refractivity contribution is -0.287. The van der Waals surface area contributed by atoms with Crippen LogP contribution in [0, 0.1) is 0 Å².